The van der Waals surface area contributed by atoms with Crippen LogP contribution in [0.3, 0.4) is 0 Å². The second kappa shape index (κ2) is 5.07. The fourth-order valence-electron chi connectivity index (χ4n) is 1.20. The lowest BCUT2D eigenvalue weighted by Crippen LogP contribution is -2.33. The molecule has 2 heterocycles. The molecule has 0 fully saturated rings. The number of nitrogens with zero attached hydrogens (tertiary/aromatic N) is 3. The smallest absolute Gasteiger partial charge is 0.265 e. The van der Waals surface area contributed by atoms with E-state index in [1.807, 2.05) is 5.10 Å². The van der Waals surface area contributed by atoms with E-state index in [4.69, 9.17) is 0 Å². The Morgan fingerprint density at radius 2 is 1.60 bits per heavy atom. The van der Waals surface area contributed by atoms with Gasteiger partial charge in [0.15, 0.2) is 16.8 Å². The maximum absolute atomic E-state index is 13.4. The molecule has 0 bridgehead atoms. The molecule has 11 heteroatoms. The van der Waals surface area contributed by atoms with Crippen LogP contribution in [0.2, 0.25) is 0 Å². The van der Waals surface area contributed by atoms with Crippen molar-refractivity contribution in [1.82, 2.24) is 19.7 Å². The Morgan fingerprint density at radius 1 is 1.05 bits per heavy atom. The fourth-order valence-corrected chi connectivity index (χ4v) is 2.04. The third-order valence-corrected chi connectivity index (χ3v) is 3.21. The molecular formula is C9H4F4N4O2S. The molecule has 0 saturated heterocycles. The van der Waals surface area contributed by atoms with Gasteiger partial charge in [-0.2, -0.15) is 18.7 Å². The number of pyridine rings is 1. The van der Waals surface area contributed by atoms with Gasteiger partial charge in [0.25, 0.3) is 11.9 Å². The first-order chi connectivity index (χ1) is 9.31. The molecule has 0 amide bonds. The van der Waals surface area contributed by atoms with Crippen LogP contribution in [0.25, 0.3) is 0 Å². The Balaban J connectivity index is 2.59. The average molecular weight is 308 g/mol. The van der Waals surface area contributed by atoms with E-state index >= 15 is 0 Å². The van der Waals surface area contributed by atoms with Crippen LogP contribution in [0.15, 0.2) is 19.6 Å². The first-order valence-electron chi connectivity index (χ1n) is 4.86. The molecule has 0 saturated carbocycles. The highest BCUT2D eigenvalue weighted by atomic mass is 32.2. The van der Waals surface area contributed by atoms with Gasteiger partial charge in [-0.15, -0.1) is 0 Å². The van der Waals surface area contributed by atoms with E-state index in [2.05, 4.69) is 9.97 Å². The number of halogens is 4. The first-order valence-corrected chi connectivity index (χ1v) is 5.68. The van der Waals surface area contributed by atoms with E-state index in [1.54, 1.807) is 0 Å². The molecule has 0 aliphatic rings. The van der Waals surface area contributed by atoms with Gasteiger partial charge in [-0.3, -0.25) is 19.4 Å². The molecule has 2 aromatic rings. The standard InChI is InChI=1S/C9H4F4N4O2S/c1-17-9(15-7(18)8(19)16-17)20-4-2(10)5(12)14-6(13)3(4)11/h1H3,(H,16,19). The summed E-state index contributed by atoms with van der Waals surface area (Å²) in [6.07, 6.45) is 0. The minimum atomic E-state index is -1.83. The van der Waals surface area contributed by atoms with Gasteiger partial charge in [0, 0.05) is 7.05 Å². The summed E-state index contributed by atoms with van der Waals surface area (Å²) in [5, 5.41) is 1.65. The number of aryl methyl sites for hydroxylation is 1. The van der Waals surface area contributed by atoms with Gasteiger partial charge in [0.1, 0.15) is 0 Å². The monoisotopic (exact) mass is 308 g/mol. The maximum atomic E-state index is 13.4. The molecule has 0 aliphatic carbocycles. The predicted molar refractivity (Wildman–Crippen MR) is 58.3 cm³/mol. The molecule has 6 nitrogen and oxygen atoms in total. The van der Waals surface area contributed by atoms with Gasteiger partial charge in [0.2, 0.25) is 0 Å². The van der Waals surface area contributed by atoms with E-state index in [0.717, 1.165) is 4.68 Å². The van der Waals surface area contributed by atoms with Crippen LogP contribution in [0.4, 0.5) is 17.6 Å². The Hall–Kier alpha value is -2.17. The largest absolute Gasteiger partial charge is 0.339 e. The summed E-state index contributed by atoms with van der Waals surface area (Å²) in [4.78, 5) is 26.6. The molecule has 0 radical (unpaired) electrons. The summed E-state index contributed by atoms with van der Waals surface area (Å²) >= 11 is 0.130. The van der Waals surface area contributed by atoms with E-state index in [1.165, 1.54) is 7.05 Å². The highest BCUT2D eigenvalue weighted by molar-refractivity contribution is 7.99. The number of nitrogens with one attached hydrogen (secondary N) is 1. The zero-order valence-corrected chi connectivity index (χ0v) is 10.4. The van der Waals surface area contributed by atoms with Crippen LogP contribution in [0, 0.1) is 23.5 Å². The molecule has 20 heavy (non-hydrogen) atoms. The van der Waals surface area contributed by atoms with Crippen molar-refractivity contribution >= 4 is 11.8 Å². The molecule has 2 rings (SSSR count). The Morgan fingerprint density at radius 3 is 2.15 bits per heavy atom. The Bertz CT molecular complexity index is 778. The molecule has 106 valence electrons. The SMILES string of the molecule is Cn1[nH]c(=O)c(=O)nc1Sc1c(F)c(F)nc(F)c1F. The Labute approximate surface area is 111 Å². The van der Waals surface area contributed by atoms with Crippen LogP contribution in [0.5, 0.6) is 0 Å². The number of rotatable bonds is 2. The third-order valence-electron chi connectivity index (χ3n) is 2.10. The van der Waals surface area contributed by atoms with Crippen LogP contribution in [-0.2, 0) is 7.05 Å². The van der Waals surface area contributed by atoms with Crippen LogP contribution < -0.4 is 11.1 Å². The quantitative estimate of drug-likeness (QED) is 0.498. The van der Waals surface area contributed by atoms with Gasteiger partial charge in [0.05, 0.1) is 4.90 Å². The van der Waals surface area contributed by atoms with Crippen molar-refractivity contribution in [2.24, 2.45) is 7.05 Å². The summed E-state index contributed by atoms with van der Waals surface area (Å²) in [5.41, 5.74) is -2.26. The number of aromatic amines is 1. The van der Waals surface area contributed by atoms with E-state index in [-0.39, 0.29) is 16.9 Å². The van der Waals surface area contributed by atoms with E-state index < -0.39 is 39.5 Å². The molecule has 0 atom stereocenters. The van der Waals surface area contributed by atoms with Crippen molar-refractivity contribution in [2.75, 3.05) is 0 Å². The Kier molecular flexibility index (Phi) is 3.61. The highest BCUT2D eigenvalue weighted by Gasteiger charge is 2.23. The van der Waals surface area contributed by atoms with Crippen molar-refractivity contribution in [2.45, 2.75) is 10.1 Å². The molecule has 1 N–H and O–H groups in total. The molecule has 0 aliphatic heterocycles. The zero-order chi connectivity index (χ0) is 15.0. The normalized spacial score (nSPS) is 10.8. The number of H-pyrrole nitrogens is 1. The lowest BCUT2D eigenvalue weighted by atomic mass is 10.4. The van der Waals surface area contributed by atoms with Gasteiger partial charge >= 0.3 is 11.1 Å². The molecule has 0 unspecified atom stereocenters. The topological polar surface area (TPSA) is 80.6 Å². The first kappa shape index (κ1) is 14.2. The average Bonchev–Trinajstić information content (AvgIpc) is 2.38. The van der Waals surface area contributed by atoms with Crippen LogP contribution in [-0.4, -0.2) is 19.7 Å². The van der Waals surface area contributed by atoms with Crippen molar-refractivity contribution < 1.29 is 17.6 Å². The highest BCUT2D eigenvalue weighted by Crippen LogP contribution is 2.31. The van der Waals surface area contributed by atoms with Crippen molar-refractivity contribution in [3.05, 3.63) is 44.2 Å². The summed E-state index contributed by atoms with van der Waals surface area (Å²) in [6, 6.07) is 0. The van der Waals surface area contributed by atoms with Crippen molar-refractivity contribution in [3.63, 3.8) is 0 Å². The van der Waals surface area contributed by atoms with Gasteiger partial charge in [-0.25, -0.2) is 8.78 Å². The summed E-state index contributed by atoms with van der Waals surface area (Å²) in [7, 11) is 1.22. The molecule has 2 aromatic heterocycles. The van der Waals surface area contributed by atoms with Crippen molar-refractivity contribution in [1.29, 1.82) is 0 Å². The lowest BCUT2D eigenvalue weighted by Gasteiger charge is -2.07. The fraction of sp³-hybridized carbons (Fsp3) is 0.111. The minimum Gasteiger partial charge on any atom is -0.265 e. The third kappa shape index (κ3) is 2.43. The minimum absolute atomic E-state index is 0.130. The number of aromatic nitrogens is 4. The molecule has 0 aromatic carbocycles. The van der Waals surface area contributed by atoms with Crippen LogP contribution in [0.1, 0.15) is 0 Å². The van der Waals surface area contributed by atoms with Crippen molar-refractivity contribution in [3.8, 4) is 0 Å². The van der Waals surface area contributed by atoms with Gasteiger partial charge < -0.3 is 0 Å². The maximum Gasteiger partial charge on any atom is 0.339 e. The number of hydrogen-bond acceptors (Lipinski definition) is 5. The van der Waals surface area contributed by atoms with Gasteiger partial charge in [-0.1, -0.05) is 0 Å². The predicted octanol–water partition coefficient (Wildman–Crippen LogP) is 0.571. The molecule has 0 spiro atoms. The lowest BCUT2D eigenvalue weighted by molar-refractivity contribution is 0.383. The second-order valence-corrected chi connectivity index (χ2v) is 4.43. The summed E-state index contributed by atoms with van der Waals surface area (Å²) in [5.74, 6) is -7.12. The number of hydrogen-bond donors (Lipinski definition) is 1. The zero-order valence-electron chi connectivity index (χ0n) is 9.58. The second-order valence-electron chi connectivity index (χ2n) is 3.45. The summed E-state index contributed by atoms with van der Waals surface area (Å²) in [6.45, 7) is 0. The van der Waals surface area contributed by atoms with Gasteiger partial charge in [-0.05, 0) is 11.8 Å². The molecular weight excluding hydrogens is 304 g/mol. The van der Waals surface area contributed by atoms with Crippen LogP contribution >= 0.6 is 11.8 Å². The van der Waals surface area contributed by atoms with E-state index in [9.17, 15) is 27.2 Å². The van der Waals surface area contributed by atoms with E-state index in [0.29, 0.717) is 0 Å². The summed E-state index contributed by atoms with van der Waals surface area (Å²) < 4.78 is 53.5.